The lowest BCUT2D eigenvalue weighted by molar-refractivity contribution is 0.292. The average molecular weight is 390 g/mol. The van der Waals surface area contributed by atoms with E-state index in [1.807, 2.05) is 18.2 Å². The second-order valence-corrected chi connectivity index (χ2v) is 6.27. The van der Waals surface area contributed by atoms with Crippen molar-refractivity contribution in [3.05, 3.63) is 58.7 Å². The average Bonchev–Trinajstić information content (AvgIpc) is 2.65. The molecule has 3 N–H and O–H groups in total. The van der Waals surface area contributed by atoms with Crippen LogP contribution in [0.2, 0.25) is 10.0 Å². The number of halogens is 2. The highest BCUT2D eigenvalue weighted by atomic mass is 35.5. The number of rotatable bonds is 7. The molecule has 6 nitrogen and oxygen atoms in total. The molecule has 0 aliphatic heterocycles. The lowest BCUT2D eigenvalue weighted by Crippen LogP contribution is -2.09. The van der Waals surface area contributed by atoms with Crippen molar-refractivity contribution in [2.45, 2.75) is 6.42 Å². The molecule has 26 heavy (non-hydrogen) atoms. The maximum absolute atomic E-state index is 8.95. The van der Waals surface area contributed by atoms with Gasteiger partial charge in [-0.2, -0.15) is 4.98 Å². The summed E-state index contributed by atoms with van der Waals surface area (Å²) in [7, 11) is 0. The fourth-order valence-electron chi connectivity index (χ4n) is 2.24. The first-order chi connectivity index (χ1) is 12.7. The predicted molar refractivity (Wildman–Crippen MR) is 105 cm³/mol. The first-order valence-corrected chi connectivity index (χ1v) is 8.78. The summed E-state index contributed by atoms with van der Waals surface area (Å²) in [5.74, 6) is 1.01. The van der Waals surface area contributed by atoms with Gasteiger partial charge in [0.2, 0.25) is 5.95 Å². The molecule has 1 aromatic carbocycles. The van der Waals surface area contributed by atoms with E-state index in [0.717, 1.165) is 5.69 Å². The van der Waals surface area contributed by atoms with Crippen LogP contribution in [-0.4, -0.2) is 33.2 Å². The van der Waals surface area contributed by atoms with E-state index in [1.54, 1.807) is 30.5 Å². The third-order valence-electron chi connectivity index (χ3n) is 3.47. The maximum atomic E-state index is 8.95. The zero-order valence-corrected chi connectivity index (χ0v) is 15.3. The molecule has 0 fully saturated rings. The maximum Gasteiger partial charge on any atom is 0.225 e. The van der Waals surface area contributed by atoms with Gasteiger partial charge in [-0.25, -0.2) is 4.98 Å². The molecule has 3 aromatic rings. The van der Waals surface area contributed by atoms with Crippen LogP contribution in [0.25, 0.3) is 11.4 Å². The smallest absolute Gasteiger partial charge is 0.225 e. The molecule has 2 aromatic heterocycles. The van der Waals surface area contributed by atoms with Crippen molar-refractivity contribution in [3.63, 3.8) is 0 Å². The van der Waals surface area contributed by atoms with Crippen LogP contribution in [0.1, 0.15) is 6.42 Å². The first-order valence-electron chi connectivity index (χ1n) is 8.03. The van der Waals surface area contributed by atoms with E-state index < -0.39 is 0 Å². The Balaban J connectivity index is 1.93. The van der Waals surface area contributed by atoms with Crippen molar-refractivity contribution in [3.8, 4) is 11.4 Å². The molecule has 0 aliphatic carbocycles. The number of aliphatic hydroxyl groups excluding tert-OH is 1. The molecule has 0 saturated heterocycles. The van der Waals surface area contributed by atoms with Crippen molar-refractivity contribution < 1.29 is 5.11 Å². The van der Waals surface area contributed by atoms with Gasteiger partial charge in [-0.05, 0) is 36.8 Å². The molecule has 0 atom stereocenters. The van der Waals surface area contributed by atoms with Crippen molar-refractivity contribution >= 4 is 40.7 Å². The minimum absolute atomic E-state index is 0.0957. The van der Waals surface area contributed by atoms with Crippen molar-refractivity contribution in [2.24, 2.45) is 0 Å². The molecule has 0 spiro atoms. The highest BCUT2D eigenvalue weighted by molar-refractivity contribution is 6.36. The van der Waals surface area contributed by atoms with Crippen molar-refractivity contribution in [1.82, 2.24) is 15.0 Å². The monoisotopic (exact) mass is 389 g/mol. The molecule has 0 saturated carbocycles. The minimum atomic E-state index is 0.0957. The summed E-state index contributed by atoms with van der Waals surface area (Å²) in [6.07, 6.45) is 2.31. The molecule has 3 rings (SSSR count). The van der Waals surface area contributed by atoms with Crippen LogP contribution < -0.4 is 10.6 Å². The van der Waals surface area contributed by atoms with Crippen LogP contribution in [0, 0.1) is 0 Å². The molecular formula is C18H17Cl2N5O. The largest absolute Gasteiger partial charge is 0.396 e. The van der Waals surface area contributed by atoms with E-state index >= 15 is 0 Å². The highest BCUT2D eigenvalue weighted by Gasteiger charge is 2.09. The Morgan fingerprint density at radius 3 is 2.62 bits per heavy atom. The van der Waals surface area contributed by atoms with Gasteiger partial charge in [-0.1, -0.05) is 29.3 Å². The number of nitrogens with one attached hydrogen (secondary N) is 2. The molecular weight excluding hydrogens is 373 g/mol. The molecule has 0 bridgehead atoms. The van der Waals surface area contributed by atoms with E-state index in [2.05, 4.69) is 25.6 Å². The quantitative estimate of drug-likeness (QED) is 0.520. The number of benzene rings is 1. The Morgan fingerprint density at radius 1 is 1.00 bits per heavy atom. The summed E-state index contributed by atoms with van der Waals surface area (Å²) in [5, 5.41) is 16.3. The van der Waals surface area contributed by atoms with E-state index in [-0.39, 0.29) is 6.61 Å². The number of nitrogens with zero attached hydrogens (tertiary/aromatic N) is 3. The first kappa shape index (κ1) is 18.4. The van der Waals surface area contributed by atoms with Gasteiger partial charge in [0.1, 0.15) is 5.82 Å². The number of hydrogen-bond acceptors (Lipinski definition) is 6. The normalized spacial score (nSPS) is 10.6. The summed E-state index contributed by atoms with van der Waals surface area (Å²) in [6, 6.07) is 12.6. The summed E-state index contributed by atoms with van der Waals surface area (Å²) < 4.78 is 0. The Morgan fingerprint density at radius 2 is 1.88 bits per heavy atom. The second kappa shape index (κ2) is 8.80. The van der Waals surface area contributed by atoms with Crippen molar-refractivity contribution in [2.75, 3.05) is 23.8 Å². The zero-order valence-electron chi connectivity index (χ0n) is 13.8. The third-order valence-corrected chi connectivity index (χ3v) is 4.01. The second-order valence-electron chi connectivity index (χ2n) is 5.43. The van der Waals surface area contributed by atoms with Crippen LogP contribution in [0.15, 0.2) is 48.7 Å². The molecule has 134 valence electrons. The van der Waals surface area contributed by atoms with Gasteiger partial charge in [0, 0.05) is 30.4 Å². The Bertz CT molecular complexity index is 877. The number of anilines is 3. The predicted octanol–water partition coefficient (Wildman–Crippen LogP) is 4.38. The fraction of sp³-hybridized carbons (Fsp3) is 0.167. The van der Waals surface area contributed by atoms with Gasteiger partial charge in [-0.3, -0.25) is 4.98 Å². The third kappa shape index (κ3) is 4.82. The van der Waals surface area contributed by atoms with E-state index in [1.165, 1.54) is 0 Å². The summed E-state index contributed by atoms with van der Waals surface area (Å²) >= 11 is 12.2. The SMILES string of the molecule is OCCCNc1nc(Nc2ccc(Cl)cc2Cl)cc(-c2ccccn2)n1. The van der Waals surface area contributed by atoms with Gasteiger partial charge in [0.05, 0.1) is 22.1 Å². The number of pyridine rings is 1. The highest BCUT2D eigenvalue weighted by Crippen LogP contribution is 2.29. The summed E-state index contributed by atoms with van der Waals surface area (Å²) in [6.45, 7) is 0.654. The van der Waals surface area contributed by atoms with Gasteiger partial charge in [0.15, 0.2) is 0 Å². The molecule has 0 amide bonds. The Labute approximate surface area is 161 Å². The topological polar surface area (TPSA) is 83.0 Å². The van der Waals surface area contributed by atoms with Crippen LogP contribution in [0.5, 0.6) is 0 Å². The number of aliphatic hydroxyl groups is 1. The van der Waals surface area contributed by atoms with E-state index in [4.69, 9.17) is 28.3 Å². The zero-order chi connectivity index (χ0) is 18.4. The molecule has 0 unspecified atom stereocenters. The van der Waals surface area contributed by atoms with Crippen LogP contribution >= 0.6 is 23.2 Å². The summed E-state index contributed by atoms with van der Waals surface area (Å²) in [4.78, 5) is 13.3. The number of hydrogen-bond donors (Lipinski definition) is 3. The van der Waals surface area contributed by atoms with Gasteiger partial charge in [0.25, 0.3) is 0 Å². The fourth-order valence-corrected chi connectivity index (χ4v) is 2.70. The van der Waals surface area contributed by atoms with Crippen LogP contribution in [0.3, 0.4) is 0 Å². The molecule has 2 heterocycles. The van der Waals surface area contributed by atoms with Gasteiger partial charge >= 0.3 is 0 Å². The Kier molecular flexibility index (Phi) is 6.22. The summed E-state index contributed by atoms with van der Waals surface area (Å²) in [5.41, 5.74) is 2.08. The van der Waals surface area contributed by atoms with Crippen molar-refractivity contribution in [1.29, 1.82) is 0 Å². The molecule has 8 heteroatoms. The van der Waals surface area contributed by atoms with Gasteiger partial charge < -0.3 is 15.7 Å². The van der Waals surface area contributed by atoms with Crippen LogP contribution in [-0.2, 0) is 0 Å². The van der Waals surface area contributed by atoms with E-state index in [0.29, 0.717) is 46.2 Å². The molecule has 0 aliphatic rings. The van der Waals surface area contributed by atoms with E-state index in [9.17, 15) is 0 Å². The lowest BCUT2D eigenvalue weighted by Gasteiger charge is -2.12. The molecule has 0 radical (unpaired) electrons. The number of aromatic nitrogens is 3. The Hall–Kier alpha value is -2.41. The lowest BCUT2D eigenvalue weighted by atomic mass is 10.2. The standard InChI is InChI=1S/C18H17Cl2N5O/c19-12-5-6-14(13(20)10-12)23-17-11-16(15-4-1-2-7-21-15)24-18(25-17)22-8-3-9-26/h1-2,4-7,10-11,26H,3,8-9H2,(H2,22,23,24,25). The minimum Gasteiger partial charge on any atom is -0.396 e. The van der Waals surface area contributed by atoms with Crippen LogP contribution in [0.4, 0.5) is 17.5 Å². The van der Waals surface area contributed by atoms with Gasteiger partial charge in [-0.15, -0.1) is 0 Å².